The molecule has 1 heterocycles. The van der Waals surface area contributed by atoms with E-state index in [4.69, 9.17) is 23.4 Å². The van der Waals surface area contributed by atoms with E-state index in [0.29, 0.717) is 65.7 Å². The van der Waals surface area contributed by atoms with Crippen molar-refractivity contribution in [1.82, 2.24) is 10.2 Å². The summed E-state index contributed by atoms with van der Waals surface area (Å²) in [6, 6.07) is 35.0. The number of hydrogen-bond acceptors (Lipinski definition) is 8. The highest BCUT2D eigenvalue weighted by atomic mass is 32.1. The Hall–Kier alpha value is -4.61. The highest BCUT2D eigenvalue weighted by molar-refractivity contribution is 7.81. The third-order valence-electron chi connectivity index (χ3n) is 8.79. The van der Waals surface area contributed by atoms with Crippen LogP contribution in [0.3, 0.4) is 0 Å². The first kappa shape index (κ1) is 36.2. The number of benzene rings is 4. The number of fused-ring (bicyclic) bond motifs is 4. The molecular weight excluding hydrogens is 665 g/mol. The standard InChI is InChI=1S/C41H44N2O7S/c44-40(29-51)42-16-18-46-20-22-48-23-21-47-19-17-43(27-31-14-15-32-26-33(50-39(32)25-31)24-30-8-2-1-3-9-30)41(45)49-28-38-36-12-6-4-10-34(36)35-11-5-7-13-37(35)38/h1-15,25-26,38,51H,16-24,27-29H2,(H,42,44). The summed E-state index contributed by atoms with van der Waals surface area (Å²) in [5, 5.41) is 3.71. The minimum absolute atomic E-state index is 0.0325. The lowest BCUT2D eigenvalue weighted by molar-refractivity contribution is -0.118. The Morgan fingerprint density at radius 1 is 0.725 bits per heavy atom. The maximum absolute atomic E-state index is 13.7. The molecule has 0 aliphatic heterocycles. The number of carbonyl (C=O) groups excluding carboxylic acids is 2. The van der Waals surface area contributed by atoms with Crippen LogP contribution in [0.15, 0.2) is 108 Å². The molecule has 0 radical (unpaired) electrons. The minimum atomic E-state index is -0.399. The third-order valence-corrected chi connectivity index (χ3v) is 9.07. The summed E-state index contributed by atoms with van der Waals surface area (Å²) in [5.41, 5.74) is 7.61. The van der Waals surface area contributed by atoms with Crippen molar-refractivity contribution in [2.75, 3.05) is 65.1 Å². The molecule has 0 bridgehead atoms. The quantitative estimate of drug-likeness (QED) is 0.0714. The van der Waals surface area contributed by atoms with E-state index in [1.54, 1.807) is 4.90 Å². The summed E-state index contributed by atoms with van der Waals surface area (Å²) < 4.78 is 29.2. The lowest BCUT2D eigenvalue weighted by atomic mass is 9.98. The molecule has 10 heteroatoms. The Balaban J connectivity index is 1.04. The predicted molar refractivity (Wildman–Crippen MR) is 200 cm³/mol. The van der Waals surface area contributed by atoms with E-state index in [9.17, 15) is 9.59 Å². The zero-order valence-corrected chi connectivity index (χ0v) is 29.5. The van der Waals surface area contributed by atoms with Crippen LogP contribution >= 0.6 is 12.6 Å². The van der Waals surface area contributed by atoms with Crippen molar-refractivity contribution in [2.45, 2.75) is 18.9 Å². The van der Waals surface area contributed by atoms with Crippen molar-refractivity contribution in [3.63, 3.8) is 0 Å². The second-order valence-electron chi connectivity index (χ2n) is 12.3. The Morgan fingerprint density at radius 2 is 1.37 bits per heavy atom. The Bertz CT molecular complexity index is 1830. The first-order valence-electron chi connectivity index (χ1n) is 17.3. The fraction of sp³-hybridized carbons (Fsp3) is 0.317. The Kier molecular flexibility index (Phi) is 13.2. The smallest absolute Gasteiger partial charge is 0.410 e. The average Bonchev–Trinajstić information content (AvgIpc) is 3.71. The van der Waals surface area contributed by atoms with Crippen LogP contribution in [0.1, 0.15) is 33.9 Å². The fourth-order valence-electron chi connectivity index (χ4n) is 6.29. The highest BCUT2D eigenvalue weighted by Crippen LogP contribution is 2.44. The number of thiol groups is 1. The molecule has 5 aromatic rings. The van der Waals surface area contributed by atoms with Gasteiger partial charge in [-0.2, -0.15) is 12.6 Å². The molecule has 0 saturated carbocycles. The third kappa shape index (κ3) is 10.0. The SMILES string of the molecule is O=C(CS)NCCOCCOCCOCCN(Cc1ccc2cc(Cc3ccccc3)oc2c1)C(=O)OCC1c2ccccc2-c2ccccc21. The molecule has 0 unspecified atom stereocenters. The van der Waals surface area contributed by atoms with E-state index in [0.717, 1.165) is 22.3 Å². The van der Waals surface area contributed by atoms with E-state index < -0.39 is 6.09 Å². The molecule has 2 amide bonds. The van der Waals surface area contributed by atoms with Crippen molar-refractivity contribution >= 4 is 35.6 Å². The van der Waals surface area contributed by atoms with Crippen molar-refractivity contribution in [2.24, 2.45) is 0 Å². The van der Waals surface area contributed by atoms with Gasteiger partial charge in [0.1, 0.15) is 18.0 Å². The lowest BCUT2D eigenvalue weighted by Crippen LogP contribution is -2.35. The molecule has 1 aromatic heterocycles. The normalized spacial score (nSPS) is 12.1. The van der Waals surface area contributed by atoms with Crippen LogP contribution in [-0.4, -0.2) is 82.0 Å². The van der Waals surface area contributed by atoms with Crippen LogP contribution in [-0.2, 0) is 36.7 Å². The molecule has 266 valence electrons. The van der Waals surface area contributed by atoms with Gasteiger partial charge in [-0.15, -0.1) is 0 Å². The van der Waals surface area contributed by atoms with Gasteiger partial charge in [0.2, 0.25) is 5.91 Å². The van der Waals surface area contributed by atoms with Crippen molar-refractivity contribution in [3.05, 3.63) is 131 Å². The molecule has 6 rings (SSSR count). The summed E-state index contributed by atoms with van der Waals surface area (Å²) in [4.78, 5) is 26.6. The van der Waals surface area contributed by atoms with E-state index >= 15 is 0 Å². The zero-order valence-electron chi connectivity index (χ0n) is 28.6. The first-order chi connectivity index (χ1) is 25.1. The summed E-state index contributed by atoms with van der Waals surface area (Å²) in [6.45, 7) is 3.68. The first-order valence-corrected chi connectivity index (χ1v) is 18.0. The van der Waals surface area contributed by atoms with Crippen molar-refractivity contribution in [1.29, 1.82) is 0 Å². The molecule has 1 aliphatic carbocycles. The summed E-state index contributed by atoms with van der Waals surface area (Å²) in [7, 11) is 0. The zero-order chi connectivity index (χ0) is 35.3. The van der Waals surface area contributed by atoms with Gasteiger partial charge >= 0.3 is 6.09 Å². The number of furan rings is 1. The van der Waals surface area contributed by atoms with Gasteiger partial charge in [-0.1, -0.05) is 91.0 Å². The number of hydrogen-bond donors (Lipinski definition) is 2. The van der Waals surface area contributed by atoms with Crippen LogP contribution in [0.25, 0.3) is 22.1 Å². The predicted octanol–water partition coefficient (Wildman–Crippen LogP) is 6.87. The molecule has 0 saturated heterocycles. The van der Waals surface area contributed by atoms with E-state index in [2.05, 4.69) is 60.4 Å². The van der Waals surface area contributed by atoms with Gasteiger partial charge in [0.15, 0.2) is 0 Å². The second-order valence-corrected chi connectivity index (χ2v) is 12.6. The minimum Gasteiger partial charge on any atom is -0.461 e. The maximum Gasteiger partial charge on any atom is 0.410 e. The monoisotopic (exact) mass is 708 g/mol. The maximum atomic E-state index is 13.7. The van der Waals surface area contributed by atoms with Crippen molar-refractivity contribution in [3.8, 4) is 11.1 Å². The van der Waals surface area contributed by atoms with Gasteiger partial charge in [-0.05, 0) is 45.5 Å². The molecule has 1 aliphatic rings. The number of carbonyl (C=O) groups is 2. The van der Waals surface area contributed by atoms with Crippen LogP contribution in [0.2, 0.25) is 0 Å². The van der Waals surface area contributed by atoms with Gasteiger partial charge < -0.3 is 33.6 Å². The molecule has 0 atom stereocenters. The molecule has 0 fully saturated rings. The number of nitrogens with one attached hydrogen (secondary N) is 1. The number of amides is 2. The van der Waals surface area contributed by atoms with Crippen LogP contribution in [0, 0.1) is 0 Å². The molecule has 4 aromatic carbocycles. The van der Waals surface area contributed by atoms with Gasteiger partial charge in [0.25, 0.3) is 0 Å². The fourth-order valence-corrected chi connectivity index (χ4v) is 6.40. The largest absolute Gasteiger partial charge is 0.461 e. The topological polar surface area (TPSA) is 99.5 Å². The molecule has 0 spiro atoms. The van der Waals surface area contributed by atoms with Crippen molar-refractivity contribution < 1.29 is 33.0 Å². The summed E-state index contributed by atoms with van der Waals surface area (Å²) in [6.07, 6.45) is 0.310. The van der Waals surface area contributed by atoms with E-state index in [1.165, 1.54) is 27.8 Å². The molecule has 9 nitrogen and oxygen atoms in total. The molecule has 51 heavy (non-hydrogen) atoms. The molecule has 1 N–H and O–H groups in total. The summed E-state index contributed by atoms with van der Waals surface area (Å²) >= 11 is 3.92. The number of rotatable bonds is 19. The summed E-state index contributed by atoms with van der Waals surface area (Å²) in [5.74, 6) is 0.889. The van der Waals surface area contributed by atoms with Gasteiger partial charge in [-0.25, -0.2) is 4.79 Å². The average molecular weight is 709 g/mol. The Labute approximate surface area is 304 Å². The van der Waals surface area contributed by atoms with Gasteiger partial charge in [0.05, 0.1) is 45.4 Å². The van der Waals surface area contributed by atoms with Crippen LogP contribution < -0.4 is 5.32 Å². The van der Waals surface area contributed by atoms with E-state index in [-0.39, 0.29) is 24.2 Å². The number of ether oxygens (including phenoxy) is 4. The van der Waals surface area contributed by atoms with Gasteiger partial charge in [0, 0.05) is 37.4 Å². The van der Waals surface area contributed by atoms with E-state index in [1.807, 2.05) is 60.7 Å². The van der Waals surface area contributed by atoms with Crippen LogP contribution in [0.4, 0.5) is 4.79 Å². The van der Waals surface area contributed by atoms with Gasteiger partial charge in [-0.3, -0.25) is 4.79 Å². The Morgan fingerprint density at radius 3 is 2.08 bits per heavy atom. The molecular formula is C41H44N2O7S. The highest BCUT2D eigenvalue weighted by Gasteiger charge is 2.30. The lowest BCUT2D eigenvalue weighted by Gasteiger charge is -2.24. The second kappa shape index (κ2) is 18.6. The van der Waals surface area contributed by atoms with Crippen LogP contribution in [0.5, 0.6) is 0 Å². The number of nitrogens with zero attached hydrogens (tertiary/aromatic N) is 1.